The molecule has 0 unspecified atom stereocenters. The monoisotopic (exact) mass is 316 g/mol. The third-order valence-electron chi connectivity index (χ3n) is 2.60. The molecule has 20 heavy (non-hydrogen) atoms. The molecule has 0 saturated carbocycles. The molecule has 4 nitrogen and oxygen atoms in total. The number of Topliss-reactive ketones (excluding diaryl/α,β-unsaturated/α-hetero) is 1. The molecule has 0 heterocycles. The van der Waals surface area contributed by atoms with Crippen molar-refractivity contribution in [3.63, 3.8) is 0 Å². The highest BCUT2D eigenvalue weighted by Crippen LogP contribution is 2.21. The molecule has 0 aliphatic rings. The van der Waals surface area contributed by atoms with Gasteiger partial charge in [0.2, 0.25) is 5.91 Å². The van der Waals surface area contributed by atoms with Crippen LogP contribution < -0.4 is 5.73 Å². The molecule has 0 aliphatic heterocycles. The van der Waals surface area contributed by atoms with E-state index in [1.165, 1.54) is 6.07 Å². The van der Waals surface area contributed by atoms with E-state index < -0.39 is 5.91 Å². The average molecular weight is 317 g/mol. The van der Waals surface area contributed by atoms with Gasteiger partial charge >= 0.3 is 0 Å². The summed E-state index contributed by atoms with van der Waals surface area (Å²) in [6.45, 7) is 4.74. The molecule has 110 valence electrons. The van der Waals surface area contributed by atoms with Crippen molar-refractivity contribution < 1.29 is 9.59 Å². The van der Waals surface area contributed by atoms with Crippen molar-refractivity contribution in [2.75, 3.05) is 19.6 Å². The zero-order valence-electron chi connectivity index (χ0n) is 11.5. The van der Waals surface area contributed by atoms with Crippen LogP contribution in [-0.4, -0.2) is 36.2 Å². The van der Waals surface area contributed by atoms with E-state index in [0.29, 0.717) is 28.1 Å². The molecule has 1 amide bonds. The van der Waals surface area contributed by atoms with Crippen LogP contribution in [0, 0.1) is 5.92 Å². The Morgan fingerprint density at radius 3 is 2.45 bits per heavy atom. The second kappa shape index (κ2) is 7.62. The van der Waals surface area contributed by atoms with Gasteiger partial charge in [0.05, 0.1) is 18.1 Å². The van der Waals surface area contributed by atoms with Crippen LogP contribution in [0.15, 0.2) is 18.2 Å². The Morgan fingerprint density at radius 2 is 1.90 bits per heavy atom. The molecule has 2 N–H and O–H groups in total. The summed E-state index contributed by atoms with van der Waals surface area (Å²) in [7, 11) is 0. The minimum absolute atomic E-state index is 0.0438. The lowest BCUT2D eigenvalue weighted by molar-refractivity contribution is -0.119. The first-order valence-corrected chi connectivity index (χ1v) is 7.04. The Bertz CT molecular complexity index is 504. The van der Waals surface area contributed by atoms with E-state index >= 15 is 0 Å². The number of halogens is 2. The molecule has 1 aromatic carbocycles. The maximum Gasteiger partial charge on any atom is 0.231 e. The minimum Gasteiger partial charge on any atom is -0.369 e. The van der Waals surface area contributed by atoms with Gasteiger partial charge in [-0.05, 0) is 24.1 Å². The van der Waals surface area contributed by atoms with Crippen LogP contribution in [0.2, 0.25) is 10.0 Å². The predicted molar refractivity (Wildman–Crippen MR) is 81.3 cm³/mol. The summed E-state index contributed by atoms with van der Waals surface area (Å²) in [4.78, 5) is 25.0. The number of nitrogens with zero attached hydrogens (tertiary/aromatic N) is 1. The molecular weight excluding hydrogens is 299 g/mol. The normalized spacial score (nSPS) is 11.1. The fourth-order valence-corrected chi connectivity index (χ4v) is 2.32. The van der Waals surface area contributed by atoms with Gasteiger partial charge in [0, 0.05) is 17.1 Å². The fraction of sp³-hybridized carbons (Fsp3) is 0.429. The van der Waals surface area contributed by atoms with Gasteiger partial charge in [0.1, 0.15) is 0 Å². The summed E-state index contributed by atoms with van der Waals surface area (Å²) >= 11 is 11.9. The number of ketones is 1. The third kappa shape index (κ3) is 5.49. The maximum atomic E-state index is 12.3. The highest BCUT2D eigenvalue weighted by molar-refractivity contribution is 6.36. The van der Waals surface area contributed by atoms with Crippen molar-refractivity contribution in [1.82, 2.24) is 4.90 Å². The molecule has 0 aromatic heterocycles. The molecule has 1 aromatic rings. The number of nitrogens with two attached hydrogens (primary N) is 1. The van der Waals surface area contributed by atoms with E-state index in [9.17, 15) is 9.59 Å². The number of benzene rings is 1. The van der Waals surface area contributed by atoms with Crippen molar-refractivity contribution in [2.45, 2.75) is 13.8 Å². The van der Waals surface area contributed by atoms with Gasteiger partial charge in [0.15, 0.2) is 5.78 Å². The molecule has 0 bridgehead atoms. The van der Waals surface area contributed by atoms with Crippen molar-refractivity contribution in [2.24, 2.45) is 11.7 Å². The standard InChI is InChI=1S/C14H18Cl2N2O2/c1-9(2)6-18(8-14(17)20)7-13(19)11-5-10(15)3-4-12(11)16/h3-5,9H,6-8H2,1-2H3,(H2,17,20). The van der Waals surface area contributed by atoms with Crippen LogP contribution in [0.5, 0.6) is 0 Å². The Kier molecular flexibility index (Phi) is 6.46. The zero-order valence-corrected chi connectivity index (χ0v) is 13.0. The molecule has 0 fully saturated rings. The first-order chi connectivity index (χ1) is 9.29. The average Bonchev–Trinajstić information content (AvgIpc) is 2.30. The Balaban J connectivity index is 2.84. The van der Waals surface area contributed by atoms with E-state index in [1.54, 1.807) is 17.0 Å². The largest absolute Gasteiger partial charge is 0.369 e. The van der Waals surface area contributed by atoms with Crippen LogP contribution in [0.1, 0.15) is 24.2 Å². The van der Waals surface area contributed by atoms with Gasteiger partial charge in [-0.3, -0.25) is 14.5 Å². The molecule has 0 saturated heterocycles. The van der Waals surface area contributed by atoms with E-state index in [1.807, 2.05) is 13.8 Å². The van der Waals surface area contributed by atoms with Crippen LogP contribution >= 0.6 is 23.2 Å². The number of hydrogen-bond acceptors (Lipinski definition) is 3. The summed E-state index contributed by atoms with van der Waals surface area (Å²) in [6.07, 6.45) is 0. The number of primary amides is 1. The SMILES string of the molecule is CC(C)CN(CC(N)=O)CC(=O)c1cc(Cl)ccc1Cl. The van der Waals surface area contributed by atoms with Crippen LogP contribution in [0.4, 0.5) is 0 Å². The van der Waals surface area contributed by atoms with E-state index in [4.69, 9.17) is 28.9 Å². The number of rotatable bonds is 7. The second-order valence-corrected chi connectivity index (χ2v) is 5.92. The fourth-order valence-electron chi connectivity index (χ4n) is 1.92. The van der Waals surface area contributed by atoms with Gasteiger partial charge in [-0.15, -0.1) is 0 Å². The predicted octanol–water partition coefficient (Wildman–Crippen LogP) is 2.62. The number of carbonyl (C=O) groups excluding carboxylic acids is 2. The molecule has 0 radical (unpaired) electrons. The highest BCUT2D eigenvalue weighted by atomic mass is 35.5. The lowest BCUT2D eigenvalue weighted by atomic mass is 10.1. The lowest BCUT2D eigenvalue weighted by Gasteiger charge is -2.22. The van der Waals surface area contributed by atoms with Gasteiger partial charge in [-0.25, -0.2) is 0 Å². The first-order valence-electron chi connectivity index (χ1n) is 6.28. The smallest absolute Gasteiger partial charge is 0.231 e. The highest BCUT2D eigenvalue weighted by Gasteiger charge is 2.17. The van der Waals surface area contributed by atoms with Crippen molar-refractivity contribution in [3.8, 4) is 0 Å². The zero-order chi connectivity index (χ0) is 15.3. The topological polar surface area (TPSA) is 63.4 Å². The van der Waals surface area contributed by atoms with E-state index in [0.717, 1.165) is 0 Å². The van der Waals surface area contributed by atoms with Gasteiger partial charge in [-0.2, -0.15) is 0 Å². The van der Waals surface area contributed by atoms with Crippen LogP contribution in [-0.2, 0) is 4.79 Å². The second-order valence-electron chi connectivity index (χ2n) is 5.08. The number of amides is 1. The quantitative estimate of drug-likeness (QED) is 0.786. The minimum atomic E-state index is -0.462. The van der Waals surface area contributed by atoms with Gasteiger partial charge in [-0.1, -0.05) is 37.0 Å². The van der Waals surface area contributed by atoms with Crippen molar-refractivity contribution in [1.29, 1.82) is 0 Å². The van der Waals surface area contributed by atoms with E-state index in [-0.39, 0.29) is 18.9 Å². The third-order valence-corrected chi connectivity index (χ3v) is 3.16. The summed E-state index contributed by atoms with van der Waals surface area (Å²) in [5.74, 6) is -0.327. The van der Waals surface area contributed by atoms with Crippen molar-refractivity contribution >= 4 is 34.9 Å². The van der Waals surface area contributed by atoms with Gasteiger partial charge in [0.25, 0.3) is 0 Å². The van der Waals surface area contributed by atoms with Crippen LogP contribution in [0.3, 0.4) is 0 Å². The molecule has 0 spiro atoms. The van der Waals surface area contributed by atoms with Crippen molar-refractivity contribution in [3.05, 3.63) is 33.8 Å². The molecule has 0 aliphatic carbocycles. The lowest BCUT2D eigenvalue weighted by Crippen LogP contribution is -2.39. The molecular formula is C14H18Cl2N2O2. The summed E-state index contributed by atoms with van der Waals surface area (Å²) in [5.41, 5.74) is 5.56. The Labute approximate surface area is 128 Å². The summed E-state index contributed by atoms with van der Waals surface area (Å²) in [6, 6.07) is 4.73. The number of carbonyl (C=O) groups is 2. The Morgan fingerprint density at radius 1 is 1.25 bits per heavy atom. The maximum absolute atomic E-state index is 12.3. The first kappa shape index (κ1) is 17.0. The molecule has 6 heteroatoms. The van der Waals surface area contributed by atoms with E-state index in [2.05, 4.69) is 0 Å². The summed E-state index contributed by atoms with van der Waals surface area (Å²) < 4.78 is 0. The van der Waals surface area contributed by atoms with Crippen LogP contribution in [0.25, 0.3) is 0 Å². The summed E-state index contributed by atoms with van der Waals surface area (Å²) in [5, 5.41) is 0.797. The number of hydrogen-bond donors (Lipinski definition) is 1. The molecule has 1 rings (SSSR count). The van der Waals surface area contributed by atoms with Gasteiger partial charge < -0.3 is 5.73 Å². The molecule has 0 atom stereocenters. The Hall–Kier alpha value is -1.10.